The number of ether oxygens (including phenoxy) is 3. The third-order valence-electron chi connectivity index (χ3n) is 4.71. The molecule has 0 heterocycles. The Bertz CT molecular complexity index is 1210. The summed E-state index contributed by atoms with van der Waals surface area (Å²) in [6.45, 7) is 4.47. The number of carbonyl (C=O) groups excluding carboxylic acids is 2. The first-order chi connectivity index (χ1) is 17.4. The largest absolute Gasteiger partial charge is 0.494 e. The van der Waals surface area contributed by atoms with Crippen molar-refractivity contribution in [3.63, 3.8) is 0 Å². The number of anilines is 1. The molecule has 10 heteroatoms. The summed E-state index contributed by atoms with van der Waals surface area (Å²) >= 11 is 6.05. The van der Waals surface area contributed by atoms with Gasteiger partial charge in [0.05, 0.1) is 24.5 Å². The van der Waals surface area contributed by atoms with Crippen LogP contribution in [0.25, 0.3) is 0 Å². The van der Waals surface area contributed by atoms with Gasteiger partial charge in [0.2, 0.25) is 0 Å². The van der Waals surface area contributed by atoms with Crippen molar-refractivity contribution in [2.24, 2.45) is 5.10 Å². The molecule has 2 amide bonds. The van der Waals surface area contributed by atoms with Crippen molar-refractivity contribution in [1.29, 1.82) is 0 Å². The van der Waals surface area contributed by atoms with Crippen molar-refractivity contribution in [3.05, 3.63) is 82.6 Å². The molecule has 0 saturated heterocycles. The van der Waals surface area contributed by atoms with Crippen molar-refractivity contribution >= 4 is 35.3 Å². The van der Waals surface area contributed by atoms with E-state index in [1.165, 1.54) is 18.3 Å². The standard InChI is InChI=1S/C26H25ClFN3O5/c1-3-34-19-11-9-18(10-12-19)30-25(32)26(33)31-29-15-17-8-13-23(24(14-17)35-4-2)36-16-20-21(27)6-5-7-22(20)28/h5-15H,3-4,16H2,1-2H3,(H,30,32)(H,31,33). The van der Waals surface area contributed by atoms with E-state index in [4.69, 9.17) is 25.8 Å². The van der Waals surface area contributed by atoms with E-state index in [0.717, 1.165) is 0 Å². The molecular weight excluding hydrogens is 489 g/mol. The van der Waals surface area contributed by atoms with Gasteiger partial charge in [-0.05, 0) is 74.0 Å². The predicted molar refractivity (Wildman–Crippen MR) is 135 cm³/mol. The second-order valence-corrected chi connectivity index (χ2v) is 7.65. The zero-order chi connectivity index (χ0) is 25.9. The van der Waals surface area contributed by atoms with E-state index in [2.05, 4.69) is 15.8 Å². The summed E-state index contributed by atoms with van der Waals surface area (Å²) in [5.41, 5.74) is 3.42. The number of rotatable bonds is 10. The Hall–Kier alpha value is -4.11. The second-order valence-electron chi connectivity index (χ2n) is 7.24. The molecule has 0 saturated carbocycles. The molecule has 0 unspecified atom stereocenters. The first-order valence-corrected chi connectivity index (χ1v) is 11.5. The predicted octanol–water partition coefficient (Wildman–Crippen LogP) is 4.94. The van der Waals surface area contributed by atoms with Gasteiger partial charge in [0.25, 0.3) is 0 Å². The minimum absolute atomic E-state index is 0.0848. The van der Waals surface area contributed by atoms with E-state index in [9.17, 15) is 14.0 Å². The summed E-state index contributed by atoms with van der Waals surface area (Å²) in [6, 6.07) is 15.9. The summed E-state index contributed by atoms with van der Waals surface area (Å²) in [4.78, 5) is 24.1. The first kappa shape index (κ1) is 26.5. The van der Waals surface area contributed by atoms with Gasteiger partial charge >= 0.3 is 11.8 Å². The molecule has 3 aromatic rings. The quantitative estimate of drug-likeness (QED) is 0.227. The molecule has 3 rings (SSSR count). The molecule has 8 nitrogen and oxygen atoms in total. The van der Waals surface area contributed by atoms with Gasteiger partial charge in [-0.15, -0.1) is 0 Å². The summed E-state index contributed by atoms with van der Waals surface area (Å²) in [5, 5.41) is 6.56. The highest BCUT2D eigenvalue weighted by molar-refractivity contribution is 6.39. The summed E-state index contributed by atoms with van der Waals surface area (Å²) < 4.78 is 30.7. The Morgan fingerprint density at radius 1 is 0.944 bits per heavy atom. The minimum atomic E-state index is -0.938. The van der Waals surface area contributed by atoms with Crippen LogP contribution in [-0.4, -0.2) is 31.2 Å². The molecule has 0 radical (unpaired) electrons. The van der Waals surface area contributed by atoms with Crippen molar-refractivity contribution in [2.45, 2.75) is 20.5 Å². The first-order valence-electron chi connectivity index (χ1n) is 11.1. The number of carbonyl (C=O) groups is 2. The van der Waals surface area contributed by atoms with Crippen LogP contribution in [-0.2, 0) is 16.2 Å². The molecule has 0 fully saturated rings. The van der Waals surface area contributed by atoms with Gasteiger partial charge in [-0.2, -0.15) is 5.10 Å². The normalized spacial score (nSPS) is 10.7. The fourth-order valence-electron chi connectivity index (χ4n) is 3.02. The Kier molecular flexibility index (Phi) is 9.64. The Morgan fingerprint density at radius 3 is 2.39 bits per heavy atom. The molecule has 3 aromatic carbocycles. The molecular formula is C26H25ClFN3O5. The summed E-state index contributed by atoms with van der Waals surface area (Å²) in [7, 11) is 0. The lowest BCUT2D eigenvalue weighted by Crippen LogP contribution is -2.32. The van der Waals surface area contributed by atoms with E-state index in [-0.39, 0.29) is 17.2 Å². The second kappa shape index (κ2) is 13.1. The number of hydrazone groups is 1. The highest BCUT2D eigenvalue weighted by Crippen LogP contribution is 2.30. The number of benzene rings is 3. The van der Waals surface area contributed by atoms with Crippen LogP contribution in [0.15, 0.2) is 65.8 Å². The zero-order valence-corrected chi connectivity index (χ0v) is 20.5. The maximum absolute atomic E-state index is 14.0. The van der Waals surface area contributed by atoms with E-state index in [0.29, 0.717) is 41.7 Å². The van der Waals surface area contributed by atoms with Crippen LogP contribution in [0.1, 0.15) is 25.0 Å². The number of nitrogens with one attached hydrogen (secondary N) is 2. The lowest BCUT2D eigenvalue weighted by molar-refractivity contribution is -0.136. The van der Waals surface area contributed by atoms with Crippen molar-refractivity contribution in [1.82, 2.24) is 5.43 Å². The third kappa shape index (κ3) is 7.44. The molecule has 0 aliphatic rings. The SMILES string of the molecule is CCOc1ccc(NC(=O)C(=O)NN=Cc2ccc(OCc3c(F)cccc3Cl)c(OCC)c2)cc1. The number of nitrogens with zero attached hydrogens (tertiary/aromatic N) is 1. The topological polar surface area (TPSA) is 98.2 Å². The molecule has 2 N–H and O–H groups in total. The fourth-order valence-corrected chi connectivity index (χ4v) is 3.24. The molecule has 0 bridgehead atoms. The van der Waals surface area contributed by atoms with Gasteiger partial charge in [-0.1, -0.05) is 17.7 Å². The van der Waals surface area contributed by atoms with E-state index in [1.807, 2.05) is 13.8 Å². The molecule has 0 aliphatic heterocycles. The van der Waals surface area contributed by atoms with Crippen molar-refractivity contribution < 1.29 is 28.2 Å². The minimum Gasteiger partial charge on any atom is -0.494 e. The van der Waals surface area contributed by atoms with Crippen LogP contribution in [0.5, 0.6) is 17.2 Å². The fraction of sp³-hybridized carbons (Fsp3) is 0.192. The van der Waals surface area contributed by atoms with Gasteiger partial charge < -0.3 is 19.5 Å². The third-order valence-corrected chi connectivity index (χ3v) is 5.06. The van der Waals surface area contributed by atoms with E-state index >= 15 is 0 Å². The number of halogens is 2. The van der Waals surface area contributed by atoms with Crippen LogP contribution in [0.2, 0.25) is 5.02 Å². The van der Waals surface area contributed by atoms with Crippen LogP contribution in [0.4, 0.5) is 10.1 Å². The molecule has 0 aromatic heterocycles. The average molecular weight is 514 g/mol. The monoisotopic (exact) mass is 513 g/mol. The summed E-state index contributed by atoms with van der Waals surface area (Å²) in [5.74, 6) is -0.843. The average Bonchev–Trinajstić information content (AvgIpc) is 2.86. The number of hydrogen-bond donors (Lipinski definition) is 2. The summed E-state index contributed by atoms with van der Waals surface area (Å²) in [6.07, 6.45) is 1.35. The Labute approximate surface area is 213 Å². The van der Waals surface area contributed by atoms with Gasteiger partial charge in [0.15, 0.2) is 11.5 Å². The molecule has 0 spiro atoms. The van der Waals surface area contributed by atoms with Crippen molar-refractivity contribution in [3.8, 4) is 17.2 Å². The van der Waals surface area contributed by atoms with Gasteiger partial charge in [-0.3, -0.25) is 9.59 Å². The van der Waals surface area contributed by atoms with Crippen molar-refractivity contribution in [2.75, 3.05) is 18.5 Å². The highest BCUT2D eigenvalue weighted by Gasteiger charge is 2.14. The maximum Gasteiger partial charge on any atom is 0.329 e. The zero-order valence-electron chi connectivity index (χ0n) is 19.7. The van der Waals surface area contributed by atoms with E-state index < -0.39 is 17.6 Å². The lowest BCUT2D eigenvalue weighted by atomic mass is 10.2. The number of amides is 2. The number of hydrogen-bond acceptors (Lipinski definition) is 6. The van der Waals surface area contributed by atoms with Gasteiger partial charge in [0, 0.05) is 11.3 Å². The molecule has 0 atom stereocenters. The maximum atomic E-state index is 14.0. The highest BCUT2D eigenvalue weighted by atomic mass is 35.5. The molecule has 188 valence electrons. The van der Waals surface area contributed by atoms with Crippen LogP contribution < -0.4 is 25.0 Å². The van der Waals surface area contributed by atoms with Gasteiger partial charge in [0.1, 0.15) is 18.2 Å². The lowest BCUT2D eigenvalue weighted by Gasteiger charge is -2.13. The van der Waals surface area contributed by atoms with Crippen LogP contribution in [0.3, 0.4) is 0 Å². The smallest absolute Gasteiger partial charge is 0.329 e. The molecule has 0 aliphatic carbocycles. The van der Waals surface area contributed by atoms with E-state index in [1.54, 1.807) is 48.5 Å². The van der Waals surface area contributed by atoms with Gasteiger partial charge in [-0.25, -0.2) is 9.82 Å². The van der Waals surface area contributed by atoms with Crippen LogP contribution in [0, 0.1) is 5.82 Å². The Morgan fingerprint density at radius 2 is 1.69 bits per heavy atom. The molecule has 36 heavy (non-hydrogen) atoms. The Balaban J connectivity index is 1.59. The van der Waals surface area contributed by atoms with Crippen LogP contribution >= 0.6 is 11.6 Å².